The van der Waals surface area contributed by atoms with Gasteiger partial charge >= 0.3 is 0 Å². The van der Waals surface area contributed by atoms with E-state index >= 15 is 0 Å². The molecule has 7 nitrogen and oxygen atoms in total. The minimum atomic E-state index is -3.84. The van der Waals surface area contributed by atoms with Gasteiger partial charge in [-0.2, -0.15) is 5.10 Å². The number of hydrogen-bond donors (Lipinski definition) is 1. The minimum absolute atomic E-state index is 0.0259. The van der Waals surface area contributed by atoms with Crippen molar-refractivity contribution in [1.29, 1.82) is 0 Å². The van der Waals surface area contributed by atoms with Crippen LogP contribution in [0.1, 0.15) is 28.9 Å². The molecule has 0 aliphatic carbocycles. The van der Waals surface area contributed by atoms with E-state index in [-0.39, 0.29) is 10.8 Å². The van der Waals surface area contributed by atoms with E-state index < -0.39 is 10.0 Å². The van der Waals surface area contributed by atoms with Crippen molar-refractivity contribution in [3.8, 4) is 5.69 Å². The van der Waals surface area contributed by atoms with E-state index in [0.717, 1.165) is 25.9 Å². The quantitative estimate of drug-likeness (QED) is 0.647. The van der Waals surface area contributed by atoms with Crippen LogP contribution < -0.4 is 4.72 Å². The molecule has 0 unspecified atom stereocenters. The molecule has 4 rings (SSSR count). The molecule has 0 spiro atoms. The van der Waals surface area contributed by atoms with Gasteiger partial charge in [0.05, 0.1) is 17.6 Å². The van der Waals surface area contributed by atoms with Gasteiger partial charge in [-0.25, -0.2) is 13.1 Å². The summed E-state index contributed by atoms with van der Waals surface area (Å²) in [5, 5.41) is 4.80. The standard InChI is InChI=1S/C21H21ClN4O3S/c1-15-20(14-23-26(15)19-10-6-17(22)7-11-19)30(28,29)24-18-8-4-16(5-9-18)21(27)25-12-2-3-13-25/h4-11,14,24H,2-3,12-13H2,1H3. The highest BCUT2D eigenvalue weighted by Gasteiger charge is 2.23. The number of likely N-dealkylation sites (tertiary alicyclic amines) is 1. The van der Waals surface area contributed by atoms with Gasteiger partial charge in [0.25, 0.3) is 15.9 Å². The molecular formula is C21H21ClN4O3S. The van der Waals surface area contributed by atoms with Crippen LogP contribution in [0.3, 0.4) is 0 Å². The van der Waals surface area contributed by atoms with Crippen molar-refractivity contribution < 1.29 is 13.2 Å². The van der Waals surface area contributed by atoms with Gasteiger partial charge < -0.3 is 4.90 Å². The van der Waals surface area contributed by atoms with E-state index in [4.69, 9.17) is 11.6 Å². The Morgan fingerprint density at radius 1 is 1.03 bits per heavy atom. The smallest absolute Gasteiger partial charge is 0.265 e. The van der Waals surface area contributed by atoms with Crippen LogP contribution in [0, 0.1) is 6.92 Å². The van der Waals surface area contributed by atoms with Crippen molar-refractivity contribution in [1.82, 2.24) is 14.7 Å². The Hall–Kier alpha value is -2.84. The number of amides is 1. The predicted molar refractivity (Wildman–Crippen MR) is 116 cm³/mol. The molecule has 1 aromatic heterocycles. The maximum Gasteiger partial charge on any atom is 0.265 e. The topological polar surface area (TPSA) is 84.3 Å². The number of benzene rings is 2. The lowest BCUT2D eigenvalue weighted by atomic mass is 10.2. The zero-order valence-electron chi connectivity index (χ0n) is 16.4. The highest BCUT2D eigenvalue weighted by atomic mass is 35.5. The fourth-order valence-corrected chi connectivity index (χ4v) is 4.84. The van der Waals surface area contributed by atoms with Crippen LogP contribution in [-0.4, -0.2) is 42.1 Å². The Balaban J connectivity index is 1.53. The van der Waals surface area contributed by atoms with Gasteiger partial charge in [-0.15, -0.1) is 0 Å². The number of hydrogen-bond acceptors (Lipinski definition) is 4. The first-order valence-corrected chi connectivity index (χ1v) is 11.4. The number of nitrogens with one attached hydrogen (secondary N) is 1. The van der Waals surface area contributed by atoms with Gasteiger partial charge in [0, 0.05) is 29.4 Å². The maximum atomic E-state index is 12.9. The lowest BCUT2D eigenvalue weighted by molar-refractivity contribution is 0.0793. The zero-order chi connectivity index (χ0) is 21.3. The second-order valence-electron chi connectivity index (χ2n) is 7.16. The maximum absolute atomic E-state index is 12.9. The normalized spacial score (nSPS) is 14.1. The second kappa shape index (κ2) is 8.12. The number of halogens is 1. The van der Waals surface area contributed by atoms with Crippen molar-refractivity contribution in [2.24, 2.45) is 0 Å². The van der Waals surface area contributed by atoms with Crippen LogP contribution in [0.25, 0.3) is 5.69 Å². The summed E-state index contributed by atoms with van der Waals surface area (Å²) in [6.45, 7) is 3.22. The summed E-state index contributed by atoms with van der Waals surface area (Å²) in [6, 6.07) is 13.4. The number of carbonyl (C=O) groups excluding carboxylic acids is 1. The number of carbonyl (C=O) groups is 1. The first-order valence-electron chi connectivity index (χ1n) is 9.58. The van der Waals surface area contributed by atoms with Gasteiger partial charge in [0.1, 0.15) is 4.90 Å². The van der Waals surface area contributed by atoms with E-state index in [2.05, 4.69) is 9.82 Å². The highest BCUT2D eigenvalue weighted by Crippen LogP contribution is 2.23. The molecule has 0 radical (unpaired) electrons. The molecule has 1 aliphatic rings. The summed E-state index contributed by atoms with van der Waals surface area (Å²) >= 11 is 5.92. The molecule has 1 saturated heterocycles. The Morgan fingerprint density at radius 3 is 2.30 bits per heavy atom. The molecular weight excluding hydrogens is 424 g/mol. The number of nitrogens with zero attached hydrogens (tertiary/aromatic N) is 3. The number of sulfonamides is 1. The van der Waals surface area contributed by atoms with E-state index in [1.807, 2.05) is 4.90 Å². The molecule has 30 heavy (non-hydrogen) atoms. The average Bonchev–Trinajstić information content (AvgIpc) is 3.39. The van der Waals surface area contributed by atoms with Crippen molar-refractivity contribution in [3.63, 3.8) is 0 Å². The monoisotopic (exact) mass is 444 g/mol. The molecule has 0 atom stereocenters. The Labute approximate surface area is 180 Å². The van der Waals surface area contributed by atoms with Crippen LogP contribution in [0.4, 0.5) is 5.69 Å². The third kappa shape index (κ3) is 4.06. The molecule has 1 amide bonds. The van der Waals surface area contributed by atoms with Crippen molar-refractivity contribution in [2.75, 3.05) is 17.8 Å². The molecule has 1 fully saturated rings. The molecule has 0 saturated carbocycles. The Kier molecular flexibility index (Phi) is 5.53. The van der Waals surface area contributed by atoms with Gasteiger partial charge in [-0.05, 0) is 68.3 Å². The molecule has 1 aliphatic heterocycles. The second-order valence-corrected chi connectivity index (χ2v) is 9.25. The summed E-state index contributed by atoms with van der Waals surface area (Å²) in [5.74, 6) is -0.0259. The molecule has 2 heterocycles. The van der Waals surface area contributed by atoms with Crippen molar-refractivity contribution in [2.45, 2.75) is 24.7 Å². The molecule has 156 valence electrons. The van der Waals surface area contributed by atoms with Crippen LogP contribution in [-0.2, 0) is 10.0 Å². The van der Waals surface area contributed by atoms with Crippen molar-refractivity contribution >= 4 is 33.2 Å². The lowest BCUT2D eigenvalue weighted by Gasteiger charge is -2.15. The molecule has 3 aromatic rings. The van der Waals surface area contributed by atoms with E-state index in [1.165, 1.54) is 6.20 Å². The Bertz CT molecular complexity index is 1170. The number of rotatable bonds is 5. The van der Waals surface area contributed by atoms with Crippen LogP contribution in [0.5, 0.6) is 0 Å². The van der Waals surface area contributed by atoms with E-state index in [1.54, 1.807) is 60.1 Å². The Morgan fingerprint density at radius 2 is 1.67 bits per heavy atom. The van der Waals surface area contributed by atoms with Gasteiger partial charge in [-0.3, -0.25) is 9.52 Å². The third-order valence-corrected chi connectivity index (χ3v) is 6.84. The summed E-state index contributed by atoms with van der Waals surface area (Å²) in [6.07, 6.45) is 3.36. The first kappa shape index (κ1) is 20.4. The van der Waals surface area contributed by atoms with Crippen LogP contribution in [0.2, 0.25) is 5.02 Å². The van der Waals surface area contributed by atoms with Crippen LogP contribution >= 0.6 is 11.6 Å². The highest BCUT2D eigenvalue weighted by molar-refractivity contribution is 7.92. The summed E-state index contributed by atoms with van der Waals surface area (Å²) in [7, 11) is -3.84. The van der Waals surface area contributed by atoms with Gasteiger partial charge in [-0.1, -0.05) is 11.6 Å². The number of anilines is 1. The largest absolute Gasteiger partial charge is 0.339 e. The number of aromatic nitrogens is 2. The summed E-state index contributed by atoms with van der Waals surface area (Å²) < 4.78 is 29.9. The predicted octanol–water partition coefficient (Wildman–Crippen LogP) is 3.87. The van der Waals surface area contributed by atoms with Gasteiger partial charge in [0.2, 0.25) is 0 Å². The first-order chi connectivity index (χ1) is 14.3. The third-order valence-electron chi connectivity index (χ3n) is 5.10. The molecule has 0 bridgehead atoms. The van der Waals surface area contributed by atoms with Crippen LogP contribution in [0.15, 0.2) is 59.6 Å². The summed E-state index contributed by atoms with van der Waals surface area (Å²) in [4.78, 5) is 14.3. The van der Waals surface area contributed by atoms with E-state index in [9.17, 15) is 13.2 Å². The van der Waals surface area contributed by atoms with Gasteiger partial charge in [0.15, 0.2) is 0 Å². The average molecular weight is 445 g/mol. The fourth-order valence-electron chi connectivity index (χ4n) is 3.49. The van der Waals surface area contributed by atoms with E-state index in [0.29, 0.717) is 27.7 Å². The molecule has 9 heteroatoms. The van der Waals surface area contributed by atoms with Crippen molar-refractivity contribution in [3.05, 3.63) is 71.0 Å². The lowest BCUT2D eigenvalue weighted by Crippen LogP contribution is -2.27. The minimum Gasteiger partial charge on any atom is -0.339 e. The fraction of sp³-hybridized carbons (Fsp3) is 0.238. The molecule has 1 N–H and O–H groups in total. The SMILES string of the molecule is Cc1c(S(=O)(=O)Nc2ccc(C(=O)N3CCCC3)cc2)cnn1-c1ccc(Cl)cc1. The molecule has 2 aromatic carbocycles. The zero-order valence-corrected chi connectivity index (χ0v) is 17.9. The summed E-state index contributed by atoms with van der Waals surface area (Å²) in [5.41, 5.74) is 2.12.